The lowest BCUT2D eigenvalue weighted by atomic mass is 9.99. The Labute approximate surface area is 134 Å². The minimum atomic E-state index is 0.318. The van der Waals surface area contributed by atoms with Crippen LogP contribution < -0.4 is 14.8 Å². The Morgan fingerprint density at radius 1 is 1.29 bits per heavy atom. The largest absolute Gasteiger partial charge is 0.454 e. The number of nitrogens with zero attached hydrogens (tertiary/aromatic N) is 1. The Hall–Kier alpha value is -0.780. The number of rotatable bonds is 5. The summed E-state index contributed by atoms with van der Waals surface area (Å²) in [6, 6.07) is 4.16. The molecule has 0 radical (unpaired) electrons. The summed E-state index contributed by atoms with van der Waals surface area (Å²) in [5.74, 6) is 2.56. The molecule has 2 heterocycles. The van der Waals surface area contributed by atoms with Crippen molar-refractivity contribution in [1.82, 2.24) is 10.2 Å². The maximum atomic E-state index is 5.44. The van der Waals surface area contributed by atoms with Crippen LogP contribution in [0.3, 0.4) is 0 Å². The average molecular weight is 355 g/mol. The molecule has 0 aliphatic carbocycles. The minimum Gasteiger partial charge on any atom is -0.454 e. The molecule has 2 aliphatic rings. The van der Waals surface area contributed by atoms with Crippen molar-refractivity contribution in [3.05, 3.63) is 22.2 Å². The van der Waals surface area contributed by atoms with Crippen molar-refractivity contribution in [1.29, 1.82) is 0 Å². The monoisotopic (exact) mass is 354 g/mol. The molecule has 0 amide bonds. The molecule has 1 N–H and O–H groups in total. The molecule has 5 heteroatoms. The molecule has 0 saturated carbocycles. The first-order chi connectivity index (χ1) is 10.2. The van der Waals surface area contributed by atoms with Crippen molar-refractivity contribution in [2.24, 2.45) is 5.92 Å². The lowest BCUT2D eigenvalue weighted by Crippen LogP contribution is -2.37. The lowest BCUT2D eigenvalue weighted by Gasteiger charge is -2.30. The van der Waals surface area contributed by atoms with Gasteiger partial charge < -0.3 is 19.7 Å². The van der Waals surface area contributed by atoms with Crippen molar-refractivity contribution in [2.45, 2.75) is 26.3 Å². The predicted molar refractivity (Wildman–Crippen MR) is 86.8 cm³/mol. The van der Waals surface area contributed by atoms with Gasteiger partial charge in [-0.25, -0.2) is 0 Å². The molecule has 1 saturated heterocycles. The van der Waals surface area contributed by atoms with Crippen LogP contribution in [-0.4, -0.2) is 37.9 Å². The van der Waals surface area contributed by atoms with Gasteiger partial charge in [0.25, 0.3) is 0 Å². The summed E-state index contributed by atoms with van der Waals surface area (Å²) in [6.45, 7) is 8.19. The highest BCUT2D eigenvalue weighted by atomic mass is 79.9. The van der Waals surface area contributed by atoms with Crippen LogP contribution >= 0.6 is 15.9 Å². The smallest absolute Gasteiger partial charge is 0.231 e. The molecule has 0 unspecified atom stereocenters. The van der Waals surface area contributed by atoms with Crippen molar-refractivity contribution >= 4 is 15.9 Å². The van der Waals surface area contributed by atoms with E-state index in [1.807, 2.05) is 0 Å². The highest BCUT2D eigenvalue weighted by molar-refractivity contribution is 9.10. The molecule has 0 bridgehead atoms. The molecule has 0 aromatic heterocycles. The highest BCUT2D eigenvalue weighted by Gasteiger charge is 2.18. The average Bonchev–Trinajstić information content (AvgIpc) is 2.94. The van der Waals surface area contributed by atoms with E-state index in [1.165, 1.54) is 31.5 Å². The third-order valence-electron chi connectivity index (χ3n) is 4.30. The first kappa shape index (κ1) is 15.1. The second-order valence-corrected chi connectivity index (χ2v) is 6.87. The number of halogens is 1. The van der Waals surface area contributed by atoms with Gasteiger partial charge in [0.15, 0.2) is 11.5 Å². The van der Waals surface area contributed by atoms with Gasteiger partial charge in [0.2, 0.25) is 6.79 Å². The maximum absolute atomic E-state index is 5.44. The van der Waals surface area contributed by atoms with Crippen LogP contribution in [0, 0.1) is 5.92 Å². The zero-order chi connectivity index (χ0) is 14.7. The number of nitrogens with one attached hydrogen (secondary N) is 1. The zero-order valence-corrected chi connectivity index (χ0v) is 14.1. The zero-order valence-electron chi connectivity index (χ0n) is 12.5. The summed E-state index contributed by atoms with van der Waals surface area (Å²) < 4.78 is 11.8. The summed E-state index contributed by atoms with van der Waals surface area (Å²) in [7, 11) is 0. The number of likely N-dealkylation sites (tertiary alicyclic amines) is 1. The number of benzene rings is 1. The van der Waals surface area contributed by atoms with Gasteiger partial charge in [-0.15, -0.1) is 0 Å². The number of hydrogen-bond acceptors (Lipinski definition) is 4. The normalized spacial score (nSPS) is 19.1. The van der Waals surface area contributed by atoms with Gasteiger partial charge >= 0.3 is 0 Å². The van der Waals surface area contributed by atoms with E-state index in [4.69, 9.17) is 9.47 Å². The Kier molecular flexibility index (Phi) is 5.03. The van der Waals surface area contributed by atoms with Crippen LogP contribution in [0.1, 0.15) is 25.3 Å². The highest BCUT2D eigenvalue weighted by Crippen LogP contribution is 2.39. The first-order valence-corrected chi connectivity index (χ1v) is 8.53. The summed E-state index contributed by atoms with van der Waals surface area (Å²) in [5, 5.41) is 3.52. The Morgan fingerprint density at radius 2 is 2.10 bits per heavy atom. The van der Waals surface area contributed by atoms with E-state index in [0.29, 0.717) is 6.79 Å². The van der Waals surface area contributed by atoms with E-state index >= 15 is 0 Å². The van der Waals surface area contributed by atoms with Gasteiger partial charge in [0.05, 0.1) is 4.47 Å². The van der Waals surface area contributed by atoms with E-state index < -0.39 is 0 Å². The van der Waals surface area contributed by atoms with E-state index in [2.05, 4.69) is 45.2 Å². The van der Waals surface area contributed by atoms with Gasteiger partial charge in [0.1, 0.15) is 0 Å². The second-order valence-electron chi connectivity index (χ2n) is 6.01. The Balaban J connectivity index is 1.42. The van der Waals surface area contributed by atoms with E-state index in [9.17, 15) is 0 Å². The van der Waals surface area contributed by atoms with Crippen LogP contribution in [0.15, 0.2) is 16.6 Å². The van der Waals surface area contributed by atoms with Gasteiger partial charge in [-0.05, 0) is 65.5 Å². The molecule has 116 valence electrons. The molecule has 4 nitrogen and oxygen atoms in total. The van der Waals surface area contributed by atoms with Gasteiger partial charge in [-0.1, -0.05) is 6.92 Å². The molecular weight excluding hydrogens is 332 g/mol. The molecular formula is C16H23BrN2O2. The van der Waals surface area contributed by atoms with Crippen molar-refractivity contribution in [3.63, 3.8) is 0 Å². The molecule has 0 atom stereocenters. The van der Waals surface area contributed by atoms with Gasteiger partial charge in [-0.2, -0.15) is 0 Å². The number of hydrogen-bond donors (Lipinski definition) is 1. The van der Waals surface area contributed by atoms with Crippen LogP contribution in [0.4, 0.5) is 0 Å². The topological polar surface area (TPSA) is 33.7 Å². The molecule has 21 heavy (non-hydrogen) atoms. The van der Waals surface area contributed by atoms with Crippen molar-refractivity contribution in [3.8, 4) is 11.5 Å². The summed E-state index contributed by atoms with van der Waals surface area (Å²) in [6.07, 6.45) is 2.68. The van der Waals surface area contributed by atoms with Crippen LogP contribution in [0.5, 0.6) is 11.5 Å². The standard InChI is InChI=1S/C16H23BrN2O2/c1-12-2-5-19(6-3-12)7-4-18-10-13-8-14(17)16-15(9-13)20-11-21-16/h8-9,12,18H,2-7,10-11H2,1H3. The first-order valence-electron chi connectivity index (χ1n) is 7.73. The number of fused-ring (bicyclic) bond motifs is 1. The fourth-order valence-corrected chi connectivity index (χ4v) is 3.48. The van der Waals surface area contributed by atoms with Crippen molar-refractivity contribution in [2.75, 3.05) is 33.0 Å². The third kappa shape index (κ3) is 3.90. The van der Waals surface area contributed by atoms with Gasteiger partial charge in [-0.3, -0.25) is 0 Å². The van der Waals surface area contributed by atoms with E-state index in [1.54, 1.807) is 0 Å². The SMILES string of the molecule is CC1CCN(CCNCc2cc(Br)c3c(c2)OCO3)CC1. The van der Waals surface area contributed by atoms with Crippen LogP contribution in [-0.2, 0) is 6.54 Å². The number of ether oxygens (including phenoxy) is 2. The molecule has 1 aromatic carbocycles. The summed E-state index contributed by atoms with van der Waals surface area (Å²) >= 11 is 3.53. The van der Waals surface area contributed by atoms with E-state index in [0.717, 1.165) is 41.5 Å². The molecule has 1 fully saturated rings. The second kappa shape index (κ2) is 6.99. The lowest BCUT2D eigenvalue weighted by molar-refractivity contribution is 0.173. The third-order valence-corrected chi connectivity index (χ3v) is 4.89. The van der Waals surface area contributed by atoms with E-state index in [-0.39, 0.29) is 0 Å². The molecule has 2 aliphatic heterocycles. The molecule has 0 spiro atoms. The maximum Gasteiger partial charge on any atom is 0.231 e. The van der Waals surface area contributed by atoms with Crippen molar-refractivity contribution < 1.29 is 9.47 Å². The van der Waals surface area contributed by atoms with Gasteiger partial charge in [0, 0.05) is 19.6 Å². The molecule has 3 rings (SSSR count). The predicted octanol–water partition coefficient (Wildman–Crippen LogP) is 3.00. The van der Waals surface area contributed by atoms with Crippen LogP contribution in [0.25, 0.3) is 0 Å². The quantitative estimate of drug-likeness (QED) is 0.824. The Bertz CT molecular complexity index is 487. The summed E-state index contributed by atoms with van der Waals surface area (Å²) in [4.78, 5) is 2.56. The van der Waals surface area contributed by atoms with Crippen LogP contribution in [0.2, 0.25) is 0 Å². The Morgan fingerprint density at radius 3 is 2.90 bits per heavy atom. The molecule has 1 aromatic rings. The summed E-state index contributed by atoms with van der Waals surface area (Å²) in [5.41, 5.74) is 1.22. The fourth-order valence-electron chi connectivity index (χ4n) is 2.88. The fraction of sp³-hybridized carbons (Fsp3) is 0.625. The minimum absolute atomic E-state index is 0.318. The number of piperidine rings is 1.